The zero-order chi connectivity index (χ0) is 22.0. The van der Waals surface area contributed by atoms with Crippen LogP contribution >= 0.6 is 0 Å². The number of aryl methyl sites for hydroxylation is 2. The fraction of sp³-hybridized carbons (Fsp3) is 0.357. The number of ether oxygens (including phenoxy) is 1. The first-order valence-corrected chi connectivity index (χ1v) is 11.3. The molecule has 0 radical (unpaired) electrons. The molecule has 0 atom stereocenters. The summed E-state index contributed by atoms with van der Waals surface area (Å²) in [7, 11) is 2.14. The molecule has 158 valence electrons. The molecular formula is C28H31N2O+. The molecule has 3 nitrogen and oxygen atoms in total. The average Bonchev–Trinajstić information content (AvgIpc) is 2.70. The lowest BCUT2D eigenvalue weighted by Crippen LogP contribution is -2.34. The van der Waals surface area contributed by atoms with E-state index in [-0.39, 0.29) is 0 Å². The number of benzene rings is 3. The number of para-hydroxylation sites is 1. The molecule has 0 unspecified atom stereocenters. The molecule has 0 N–H and O–H groups in total. The zero-order valence-corrected chi connectivity index (χ0v) is 19.6. The van der Waals surface area contributed by atoms with Crippen molar-refractivity contribution in [1.82, 2.24) is 4.98 Å². The molecule has 0 spiro atoms. The van der Waals surface area contributed by atoms with E-state index in [1.807, 2.05) is 0 Å². The highest BCUT2D eigenvalue weighted by atomic mass is 16.5. The maximum atomic E-state index is 6.56. The smallest absolute Gasteiger partial charge is 0.294 e. The van der Waals surface area contributed by atoms with Gasteiger partial charge >= 0.3 is 0 Å². The minimum absolute atomic E-state index is 0.398. The normalized spacial score (nSPS) is 12.7. The van der Waals surface area contributed by atoms with Crippen LogP contribution in [0.2, 0.25) is 0 Å². The second kappa shape index (κ2) is 7.05. The highest BCUT2D eigenvalue weighted by molar-refractivity contribution is 6.05. The van der Waals surface area contributed by atoms with Gasteiger partial charge in [0.05, 0.1) is 5.56 Å². The first kappa shape index (κ1) is 20.0. The Morgan fingerprint density at radius 1 is 1.03 bits per heavy atom. The zero-order valence-electron chi connectivity index (χ0n) is 19.6. The van der Waals surface area contributed by atoms with Crippen molar-refractivity contribution < 1.29 is 9.30 Å². The highest BCUT2D eigenvalue weighted by Crippen LogP contribution is 2.47. The van der Waals surface area contributed by atoms with Gasteiger partial charge in [0.25, 0.3) is 11.6 Å². The monoisotopic (exact) mass is 411 g/mol. The molecule has 0 fully saturated rings. The van der Waals surface area contributed by atoms with Gasteiger partial charge in [0, 0.05) is 11.5 Å². The van der Waals surface area contributed by atoms with Gasteiger partial charge < -0.3 is 4.74 Å². The van der Waals surface area contributed by atoms with Gasteiger partial charge in [-0.2, -0.15) is 4.57 Å². The molecule has 0 bridgehead atoms. The molecule has 5 rings (SSSR count). The van der Waals surface area contributed by atoms with Crippen molar-refractivity contribution in [3.63, 3.8) is 0 Å². The van der Waals surface area contributed by atoms with E-state index in [9.17, 15) is 0 Å². The fourth-order valence-corrected chi connectivity index (χ4v) is 5.05. The van der Waals surface area contributed by atoms with Crippen molar-refractivity contribution in [1.29, 1.82) is 0 Å². The Morgan fingerprint density at radius 2 is 1.81 bits per heavy atom. The number of aromatic nitrogens is 2. The number of nitrogens with zero attached hydrogens (tertiary/aromatic N) is 2. The second-order valence-corrected chi connectivity index (χ2v) is 9.78. The lowest BCUT2D eigenvalue weighted by molar-refractivity contribution is -0.634. The van der Waals surface area contributed by atoms with Crippen molar-refractivity contribution >= 4 is 21.8 Å². The van der Waals surface area contributed by atoms with Crippen LogP contribution in [0.15, 0.2) is 36.4 Å². The SMILES string of the molecule is Cc1cc2cc(CC(C)C)cc3c2c(c1C)-c1c(nc2c(C(C)C)cccc2[n+]1C)O3. The van der Waals surface area contributed by atoms with E-state index in [1.165, 1.54) is 38.6 Å². The number of hydrogen-bond acceptors (Lipinski definition) is 2. The Kier molecular flexibility index (Phi) is 4.55. The summed E-state index contributed by atoms with van der Waals surface area (Å²) in [5.74, 6) is 2.65. The fourth-order valence-electron chi connectivity index (χ4n) is 5.05. The maximum Gasteiger partial charge on any atom is 0.294 e. The van der Waals surface area contributed by atoms with Crippen LogP contribution in [0.3, 0.4) is 0 Å². The van der Waals surface area contributed by atoms with Crippen molar-refractivity contribution in [2.75, 3.05) is 0 Å². The van der Waals surface area contributed by atoms with Crippen LogP contribution in [0, 0.1) is 19.8 Å². The minimum atomic E-state index is 0.398. The highest BCUT2D eigenvalue weighted by Gasteiger charge is 2.33. The topological polar surface area (TPSA) is 26.0 Å². The van der Waals surface area contributed by atoms with Gasteiger partial charge in [-0.05, 0) is 65.8 Å². The largest absolute Gasteiger partial charge is 0.433 e. The second-order valence-electron chi connectivity index (χ2n) is 9.78. The molecular weight excluding hydrogens is 380 g/mol. The molecule has 2 heterocycles. The van der Waals surface area contributed by atoms with E-state index < -0.39 is 0 Å². The summed E-state index contributed by atoms with van der Waals surface area (Å²) >= 11 is 0. The van der Waals surface area contributed by atoms with Gasteiger partial charge in [0.1, 0.15) is 18.3 Å². The van der Waals surface area contributed by atoms with E-state index in [0.29, 0.717) is 17.7 Å². The third kappa shape index (κ3) is 3.02. The van der Waals surface area contributed by atoms with E-state index in [2.05, 4.69) is 89.6 Å². The third-order valence-corrected chi connectivity index (χ3v) is 6.65. The molecule has 3 aromatic carbocycles. The Balaban J connectivity index is 1.89. The van der Waals surface area contributed by atoms with Crippen LogP contribution in [0.4, 0.5) is 0 Å². The van der Waals surface area contributed by atoms with Gasteiger partial charge in [-0.3, -0.25) is 0 Å². The molecule has 0 saturated heterocycles. The molecule has 0 amide bonds. The number of hydrogen-bond donors (Lipinski definition) is 0. The van der Waals surface area contributed by atoms with Crippen LogP contribution in [-0.2, 0) is 13.5 Å². The number of fused-ring (bicyclic) bond motifs is 3. The van der Waals surface area contributed by atoms with Crippen LogP contribution in [0.1, 0.15) is 55.9 Å². The predicted octanol–water partition coefficient (Wildman–Crippen LogP) is 6.92. The van der Waals surface area contributed by atoms with E-state index in [1.54, 1.807) is 0 Å². The predicted molar refractivity (Wildman–Crippen MR) is 128 cm³/mol. The van der Waals surface area contributed by atoms with E-state index in [0.717, 1.165) is 28.9 Å². The summed E-state index contributed by atoms with van der Waals surface area (Å²) in [5, 5.41) is 2.47. The van der Waals surface area contributed by atoms with E-state index >= 15 is 0 Å². The summed E-state index contributed by atoms with van der Waals surface area (Å²) in [5.41, 5.74) is 9.68. The van der Waals surface area contributed by atoms with Crippen molar-refractivity contribution in [2.45, 2.75) is 53.9 Å². The van der Waals surface area contributed by atoms with Crippen molar-refractivity contribution in [2.24, 2.45) is 13.0 Å². The van der Waals surface area contributed by atoms with Gasteiger partial charge in [-0.25, -0.2) is 4.98 Å². The van der Waals surface area contributed by atoms with Crippen LogP contribution < -0.4 is 9.30 Å². The quantitative estimate of drug-likeness (QED) is 0.301. The van der Waals surface area contributed by atoms with Crippen LogP contribution in [0.5, 0.6) is 11.6 Å². The molecule has 0 aliphatic carbocycles. The van der Waals surface area contributed by atoms with Crippen LogP contribution in [0.25, 0.3) is 33.1 Å². The molecule has 3 heteroatoms. The molecule has 31 heavy (non-hydrogen) atoms. The van der Waals surface area contributed by atoms with Crippen molar-refractivity contribution in [3.05, 3.63) is 58.7 Å². The lowest BCUT2D eigenvalue weighted by atomic mass is 9.89. The summed E-state index contributed by atoms with van der Waals surface area (Å²) < 4.78 is 8.83. The summed E-state index contributed by atoms with van der Waals surface area (Å²) in [4.78, 5) is 5.10. The standard InChI is InChI=1S/C28H31N2O/c1-15(2)11-19-13-20-12-17(5)18(6)24-25(20)23(14-19)31-28-27(24)30(7)22-10-8-9-21(16(3)4)26(22)29-28/h8-10,12-16H,11H2,1-7H3/q+1. The van der Waals surface area contributed by atoms with Gasteiger partial charge in [-0.1, -0.05) is 52.0 Å². The van der Waals surface area contributed by atoms with Gasteiger partial charge in [0.2, 0.25) is 5.52 Å². The number of rotatable bonds is 3. The summed E-state index contributed by atoms with van der Waals surface area (Å²) in [6.07, 6.45) is 1.04. The summed E-state index contributed by atoms with van der Waals surface area (Å²) in [6.45, 7) is 13.4. The molecule has 1 aliphatic rings. The van der Waals surface area contributed by atoms with Gasteiger partial charge in [0.15, 0.2) is 0 Å². The Labute approximate surface area is 184 Å². The van der Waals surface area contributed by atoms with Gasteiger partial charge in [-0.15, -0.1) is 0 Å². The first-order chi connectivity index (χ1) is 14.8. The average molecular weight is 412 g/mol. The Morgan fingerprint density at radius 3 is 2.52 bits per heavy atom. The Bertz CT molecular complexity index is 1370. The lowest BCUT2D eigenvalue weighted by Gasteiger charge is -2.23. The first-order valence-electron chi connectivity index (χ1n) is 11.3. The molecule has 1 aromatic heterocycles. The molecule has 1 aliphatic heterocycles. The summed E-state index contributed by atoms with van der Waals surface area (Å²) in [6, 6.07) is 13.4. The van der Waals surface area contributed by atoms with E-state index in [4.69, 9.17) is 9.72 Å². The van der Waals surface area contributed by atoms with Crippen molar-refractivity contribution in [3.8, 4) is 22.9 Å². The Hall–Kier alpha value is -2.94. The van der Waals surface area contributed by atoms with Crippen LogP contribution in [-0.4, -0.2) is 4.98 Å². The third-order valence-electron chi connectivity index (χ3n) is 6.65. The molecule has 0 saturated carbocycles. The maximum absolute atomic E-state index is 6.56. The minimum Gasteiger partial charge on any atom is -0.433 e. The molecule has 4 aromatic rings.